The third kappa shape index (κ3) is 5.30. The van der Waals surface area contributed by atoms with Gasteiger partial charge in [0.1, 0.15) is 17.4 Å². The standard InChI is InChI=1S/C23H24FN3O6S/c1-31-20-8-3-15(11-21(20)32-2)19-12-22(27(26-19)17-9-10-34(29,30)14-17)25-23(28)13-33-18-6-4-16(24)5-7-18/h3-8,11-12,17H,9-10,13-14H2,1-2H3,(H,25,28)/t17-/m1/s1. The minimum atomic E-state index is -3.18. The molecule has 3 aromatic rings. The zero-order valence-electron chi connectivity index (χ0n) is 18.7. The molecule has 0 bridgehead atoms. The second-order valence-electron chi connectivity index (χ2n) is 7.78. The molecule has 0 unspecified atom stereocenters. The number of aromatic nitrogens is 2. The number of hydrogen-bond donors (Lipinski definition) is 1. The van der Waals surface area contributed by atoms with E-state index in [9.17, 15) is 17.6 Å². The van der Waals surface area contributed by atoms with Crippen molar-refractivity contribution in [2.45, 2.75) is 12.5 Å². The van der Waals surface area contributed by atoms with Gasteiger partial charge < -0.3 is 19.5 Å². The van der Waals surface area contributed by atoms with Crippen molar-refractivity contribution in [3.63, 3.8) is 0 Å². The number of halogens is 1. The van der Waals surface area contributed by atoms with Gasteiger partial charge in [0.25, 0.3) is 5.91 Å². The third-order valence-electron chi connectivity index (χ3n) is 5.42. The van der Waals surface area contributed by atoms with Crippen LogP contribution >= 0.6 is 0 Å². The summed E-state index contributed by atoms with van der Waals surface area (Å²) in [5.41, 5.74) is 1.23. The van der Waals surface area contributed by atoms with E-state index in [-0.39, 0.29) is 18.1 Å². The molecule has 0 radical (unpaired) electrons. The normalized spacial score (nSPS) is 16.7. The Morgan fingerprint density at radius 2 is 1.85 bits per heavy atom. The number of anilines is 1. The first-order chi connectivity index (χ1) is 16.3. The lowest BCUT2D eigenvalue weighted by molar-refractivity contribution is -0.118. The van der Waals surface area contributed by atoms with E-state index < -0.39 is 27.6 Å². The second-order valence-corrected chi connectivity index (χ2v) is 10.0. The SMILES string of the molecule is COc1ccc(-c2cc(NC(=O)COc3ccc(F)cc3)n([C@@H]3CCS(=O)(=O)C3)n2)cc1OC. The Bertz CT molecular complexity index is 1290. The van der Waals surface area contributed by atoms with Gasteiger partial charge in [-0.15, -0.1) is 0 Å². The molecule has 180 valence electrons. The first-order valence-electron chi connectivity index (χ1n) is 10.5. The van der Waals surface area contributed by atoms with Gasteiger partial charge in [0.2, 0.25) is 0 Å². The molecule has 9 nitrogen and oxygen atoms in total. The van der Waals surface area contributed by atoms with Crippen LogP contribution in [0.15, 0.2) is 48.5 Å². The van der Waals surface area contributed by atoms with Gasteiger partial charge in [-0.1, -0.05) is 0 Å². The first kappa shape index (κ1) is 23.6. The van der Waals surface area contributed by atoms with E-state index in [0.717, 1.165) is 0 Å². The Labute approximate surface area is 196 Å². The largest absolute Gasteiger partial charge is 0.493 e. The number of amides is 1. The molecule has 1 fully saturated rings. The molecule has 4 rings (SSSR count). The average Bonchev–Trinajstić information content (AvgIpc) is 3.40. The van der Waals surface area contributed by atoms with Crippen molar-refractivity contribution in [3.8, 4) is 28.5 Å². The van der Waals surface area contributed by atoms with Crippen LogP contribution in [-0.4, -0.2) is 56.4 Å². The number of rotatable bonds is 8. The van der Waals surface area contributed by atoms with E-state index in [0.29, 0.717) is 40.7 Å². The van der Waals surface area contributed by atoms with Crippen molar-refractivity contribution < 1.29 is 31.8 Å². The molecule has 1 amide bonds. The number of carbonyl (C=O) groups excluding carboxylic acids is 1. The van der Waals surface area contributed by atoms with Gasteiger partial charge in [-0.3, -0.25) is 4.79 Å². The topological polar surface area (TPSA) is 109 Å². The van der Waals surface area contributed by atoms with Crippen molar-refractivity contribution in [1.29, 1.82) is 0 Å². The molecule has 2 aromatic carbocycles. The number of nitrogens with one attached hydrogen (secondary N) is 1. The second kappa shape index (κ2) is 9.72. The Morgan fingerprint density at radius 1 is 1.12 bits per heavy atom. The minimum absolute atomic E-state index is 0.0598. The molecule has 1 aliphatic heterocycles. The highest BCUT2D eigenvalue weighted by molar-refractivity contribution is 7.91. The summed E-state index contributed by atoms with van der Waals surface area (Å²) in [7, 11) is -0.119. The maximum atomic E-state index is 13.1. The maximum Gasteiger partial charge on any atom is 0.263 e. The molecular weight excluding hydrogens is 465 g/mol. The summed E-state index contributed by atoms with van der Waals surface area (Å²) in [5, 5.41) is 7.35. The van der Waals surface area contributed by atoms with Gasteiger partial charge in [0.15, 0.2) is 27.9 Å². The molecule has 1 aromatic heterocycles. The Balaban J connectivity index is 1.59. The molecule has 2 heterocycles. The fourth-order valence-corrected chi connectivity index (χ4v) is 5.42. The fraction of sp³-hybridized carbons (Fsp3) is 0.304. The summed E-state index contributed by atoms with van der Waals surface area (Å²) >= 11 is 0. The summed E-state index contributed by atoms with van der Waals surface area (Å²) in [5.74, 6) is 0.882. The van der Waals surface area contributed by atoms with E-state index in [1.807, 2.05) is 0 Å². The summed E-state index contributed by atoms with van der Waals surface area (Å²) in [6.45, 7) is -0.314. The van der Waals surface area contributed by atoms with Crippen molar-refractivity contribution in [1.82, 2.24) is 9.78 Å². The zero-order chi connectivity index (χ0) is 24.3. The maximum absolute atomic E-state index is 13.1. The lowest BCUT2D eigenvalue weighted by atomic mass is 10.1. The van der Waals surface area contributed by atoms with E-state index in [2.05, 4.69) is 10.4 Å². The molecule has 11 heteroatoms. The molecular formula is C23H24FN3O6S. The molecule has 0 aliphatic carbocycles. The minimum Gasteiger partial charge on any atom is -0.493 e. The van der Waals surface area contributed by atoms with E-state index in [4.69, 9.17) is 14.2 Å². The number of nitrogens with zero attached hydrogens (tertiary/aromatic N) is 2. The fourth-order valence-electron chi connectivity index (χ4n) is 3.73. The van der Waals surface area contributed by atoms with E-state index in [1.165, 1.54) is 43.2 Å². The van der Waals surface area contributed by atoms with Gasteiger partial charge in [0, 0.05) is 11.6 Å². The van der Waals surface area contributed by atoms with E-state index in [1.54, 1.807) is 24.3 Å². The predicted octanol–water partition coefficient (Wildman–Crippen LogP) is 3.08. The van der Waals surface area contributed by atoms with Crippen LogP contribution in [0.2, 0.25) is 0 Å². The summed E-state index contributed by atoms with van der Waals surface area (Å²) in [6.07, 6.45) is 0.393. The average molecular weight is 490 g/mol. The van der Waals surface area contributed by atoms with Crippen LogP contribution in [0.3, 0.4) is 0 Å². The molecule has 0 spiro atoms. The molecule has 0 saturated carbocycles. The van der Waals surface area contributed by atoms with Gasteiger partial charge in [-0.25, -0.2) is 17.5 Å². The molecule has 1 atom stereocenters. The zero-order valence-corrected chi connectivity index (χ0v) is 19.5. The summed E-state index contributed by atoms with van der Waals surface area (Å²) in [4.78, 5) is 12.6. The highest BCUT2D eigenvalue weighted by atomic mass is 32.2. The van der Waals surface area contributed by atoms with Gasteiger partial charge in [-0.2, -0.15) is 5.10 Å². The Hall–Kier alpha value is -3.60. The van der Waals surface area contributed by atoms with Crippen molar-refractivity contribution in [2.24, 2.45) is 0 Å². The van der Waals surface area contributed by atoms with Gasteiger partial charge in [-0.05, 0) is 48.9 Å². The van der Waals surface area contributed by atoms with Crippen molar-refractivity contribution in [2.75, 3.05) is 37.6 Å². The Kier molecular flexibility index (Phi) is 6.73. The van der Waals surface area contributed by atoms with Crippen LogP contribution in [0, 0.1) is 5.82 Å². The van der Waals surface area contributed by atoms with Crippen molar-refractivity contribution in [3.05, 3.63) is 54.3 Å². The molecule has 1 aliphatic rings. The van der Waals surface area contributed by atoms with Crippen LogP contribution in [0.25, 0.3) is 11.3 Å². The van der Waals surface area contributed by atoms with Crippen LogP contribution < -0.4 is 19.5 Å². The third-order valence-corrected chi connectivity index (χ3v) is 7.17. The van der Waals surface area contributed by atoms with Crippen LogP contribution in [0.1, 0.15) is 12.5 Å². The number of hydrogen-bond acceptors (Lipinski definition) is 7. The number of ether oxygens (including phenoxy) is 3. The Morgan fingerprint density at radius 3 is 2.50 bits per heavy atom. The van der Waals surface area contributed by atoms with Crippen molar-refractivity contribution >= 4 is 21.6 Å². The number of benzene rings is 2. The monoisotopic (exact) mass is 489 g/mol. The predicted molar refractivity (Wildman–Crippen MR) is 124 cm³/mol. The summed E-state index contributed by atoms with van der Waals surface area (Å²) < 4.78 is 54.7. The van der Waals surface area contributed by atoms with Gasteiger partial charge >= 0.3 is 0 Å². The number of carbonyl (C=O) groups is 1. The quantitative estimate of drug-likeness (QED) is 0.518. The number of sulfone groups is 1. The first-order valence-corrected chi connectivity index (χ1v) is 12.3. The lowest BCUT2D eigenvalue weighted by Crippen LogP contribution is -2.23. The molecule has 34 heavy (non-hydrogen) atoms. The molecule has 1 saturated heterocycles. The van der Waals surface area contributed by atoms with Gasteiger partial charge in [0.05, 0.1) is 37.5 Å². The molecule has 1 N–H and O–H groups in total. The highest BCUT2D eigenvalue weighted by Gasteiger charge is 2.32. The lowest BCUT2D eigenvalue weighted by Gasteiger charge is -2.14. The van der Waals surface area contributed by atoms with Crippen LogP contribution in [0.5, 0.6) is 17.2 Å². The summed E-state index contributed by atoms with van der Waals surface area (Å²) in [6, 6.07) is 11.9. The smallest absolute Gasteiger partial charge is 0.263 e. The van der Waals surface area contributed by atoms with Crippen LogP contribution in [-0.2, 0) is 14.6 Å². The number of methoxy groups -OCH3 is 2. The van der Waals surface area contributed by atoms with E-state index >= 15 is 0 Å². The van der Waals surface area contributed by atoms with Crippen LogP contribution in [0.4, 0.5) is 10.2 Å². The highest BCUT2D eigenvalue weighted by Crippen LogP contribution is 2.34.